The zero-order chi connectivity index (χ0) is 17.9. The van der Waals surface area contributed by atoms with Gasteiger partial charge in [-0.1, -0.05) is 26.0 Å². The van der Waals surface area contributed by atoms with Gasteiger partial charge in [0.25, 0.3) is 6.47 Å². The van der Waals surface area contributed by atoms with Crippen molar-refractivity contribution in [3.63, 3.8) is 0 Å². The molecule has 0 heterocycles. The zero-order valence-electron chi connectivity index (χ0n) is 13.6. The van der Waals surface area contributed by atoms with Crippen LogP contribution in [0.3, 0.4) is 0 Å². The fraction of sp³-hybridized carbons (Fsp3) is 0.375. The first kappa shape index (κ1) is 19.1. The largest absolute Gasteiger partial charge is 0.463 e. The van der Waals surface area contributed by atoms with E-state index in [0.29, 0.717) is 18.6 Å². The average molecular weight is 335 g/mol. The van der Waals surface area contributed by atoms with Crippen molar-refractivity contribution in [1.29, 1.82) is 0 Å². The Labute approximate surface area is 139 Å². The van der Waals surface area contributed by atoms with Gasteiger partial charge in [0.15, 0.2) is 0 Å². The number of hydrogen-bond donors (Lipinski definition) is 3. The van der Waals surface area contributed by atoms with Gasteiger partial charge in [0, 0.05) is 5.69 Å². The summed E-state index contributed by atoms with van der Waals surface area (Å²) in [4.78, 5) is 44.4. The Morgan fingerprint density at radius 3 is 2.38 bits per heavy atom. The maximum absolute atomic E-state index is 11.9. The third kappa shape index (κ3) is 6.47. The van der Waals surface area contributed by atoms with Crippen LogP contribution < -0.4 is 16.0 Å². The zero-order valence-corrected chi connectivity index (χ0v) is 13.6. The van der Waals surface area contributed by atoms with Gasteiger partial charge >= 0.3 is 0 Å². The number of amides is 3. The molecule has 1 atom stereocenters. The van der Waals surface area contributed by atoms with Crippen LogP contribution in [0.25, 0.3) is 0 Å². The van der Waals surface area contributed by atoms with E-state index in [4.69, 9.17) is 0 Å². The summed E-state index contributed by atoms with van der Waals surface area (Å²) < 4.78 is 4.62. The van der Waals surface area contributed by atoms with E-state index < -0.39 is 17.9 Å². The highest BCUT2D eigenvalue weighted by atomic mass is 16.5. The van der Waals surface area contributed by atoms with Gasteiger partial charge in [-0.05, 0) is 23.6 Å². The van der Waals surface area contributed by atoms with Crippen molar-refractivity contribution in [2.75, 3.05) is 11.9 Å². The number of anilines is 1. The summed E-state index contributed by atoms with van der Waals surface area (Å²) in [5.41, 5.74) is 1.34. The summed E-state index contributed by atoms with van der Waals surface area (Å²) in [6.45, 7) is 3.89. The Hall–Kier alpha value is -2.90. The van der Waals surface area contributed by atoms with Crippen molar-refractivity contribution in [2.45, 2.75) is 26.5 Å². The minimum atomic E-state index is -0.688. The molecule has 0 saturated heterocycles. The molecule has 1 aromatic rings. The molecule has 1 unspecified atom stereocenters. The SMILES string of the molecule is CC(C)C(NC=O)C(=O)NCC(=O)Nc1ccc(COC=O)cc1. The van der Waals surface area contributed by atoms with Crippen molar-refractivity contribution in [2.24, 2.45) is 5.92 Å². The number of carbonyl (C=O) groups excluding carboxylic acids is 4. The maximum atomic E-state index is 11.9. The van der Waals surface area contributed by atoms with E-state index in [1.54, 1.807) is 38.1 Å². The summed E-state index contributed by atoms with van der Waals surface area (Å²) in [5, 5.41) is 7.52. The second-order valence-corrected chi connectivity index (χ2v) is 5.38. The Morgan fingerprint density at radius 1 is 1.17 bits per heavy atom. The fourth-order valence-electron chi connectivity index (χ4n) is 1.94. The molecule has 1 aromatic carbocycles. The van der Waals surface area contributed by atoms with Crippen molar-refractivity contribution < 1.29 is 23.9 Å². The fourth-order valence-corrected chi connectivity index (χ4v) is 1.94. The molecule has 0 aliphatic rings. The highest BCUT2D eigenvalue weighted by Gasteiger charge is 2.21. The number of rotatable bonds is 10. The van der Waals surface area contributed by atoms with Gasteiger partial charge in [0.05, 0.1) is 6.54 Å². The van der Waals surface area contributed by atoms with Gasteiger partial charge < -0.3 is 20.7 Å². The number of ether oxygens (including phenoxy) is 1. The molecule has 0 radical (unpaired) electrons. The predicted molar refractivity (Wildman–Crippen MR) is 86.8 cm³/mol. The Morgan fingerprint density at radius 2 is 1.83 bits per heavy atom. The van der Waals surface area contributed by atoms with Gasteiger partial charge in [0.1, 0.15) is 12.6 Å². The lowest BCUT2D eigenvalue weighted by Gasteiger charge is -2.19. The van der Waals surface area contributed by atoms with Crippen LogP contribution in [0.5, 0.6) is 0 Å². The standard InChI is InChI=1S/C16H21N3O5/c1-11(2)15(18-9-20)16(23)17-7-14(22)19-13-5-3-12(4-6-13)8-24-10-21/h3-6,9-11,15H,7-8H2,1-2H3,(H,17,23)(H,18,20)(H,19,22). The molecular weight excluding hydrogens is 314 g/mol. The predicted octanol–water partition coefficient (Wildman–Crippen LogP) is 0.185. The molecule has 0 bridgehead atoms. The quantitative estimate of drug-likeness (QED) is 0.528. The van der Waals surface area contributed by atoms with E-state index in [0.717, 1.165) is 5.56 Å². The van der Waals surface area contributed by atoms with Crippen LogP contribution in [0.1, 0.15) is 19.4 Å². The van der Waals surface area contributed by atoms with Crippen molar-refractivity contribution >= 4 is 30.4 Å². The monoisotopic (exact) mass is 335 g/mol. The van der Waals surface area contributed by atoms with Crippen molar-refractivity contribution in [3.8, 4) is 0 Å². The summed E-state index contributed by atoms with van der Waals surface area (Å²) in [6.07, 6.45) is 0.459. The topological polar surface area (TPSA) is 114 Å². The average Bonchev–Trinajstić information content (AvgIpc) is 2.56. The van der Waals surface area contributed by atoms with Crippen LogP contribution in [-0.2, 0) is 30.5 Å². The third-order valence-electron chi connectivity index (χ3n) is 3.18. The molecule has 0 aliphatic carbocycles. The number of nitrogens with one attached hydrogen (secondary N) is 3. The molecule has 130 valence electrons. The molecule has 3 N–H and O–H groups in total. The van der Waals surface area contributed by atoms with Crippen LogP contribution >= 0.6 is 0 Å². The molecule has 0 fully saturated rings. The summed E-state index contributed by atoms with van der Waals surface area (Å²) in [6, 6.07) is 6.05. The Kier molecular flexibility index (Phi) is 7.97. The molecule has 0 aliphatic heterocycles. The minimum Gasteiger partial charge on any atom is -0.463 e. The molecule has 1 rings (SSSR count). The smallest absolute Gasteiger partial charge is 0.293 e. The van der Waals surface area contributed by atoms with Crippen LogP contribution in [0.15, 0.2) is 24.3 Å². The molecule has 8 nitrogen and oxygen atoms in total. The molecular formula is C16H21N3O5. The second kappa shape index (κ2) is 9.98. The van der Waals surface area contributed by atoms with Crippen molar-refractivity contribution in [1.82, 2.24) is 10.6 Å². The lowest BCUT2D eigenvalue weighted by Crippen LogP contribution is -2.48. The number of hydrogen-bond acceptors (Lipinski definition) is 5. The lowest BCUT2D eigenvalue weighted by atomic mass is 10.0. The summed E-state index contributed by atoms with van der Waals surface area (Å²) >= 11 is 0. The first-order valence-electron chi connectivity index (χ1n) is 7.39. The molecule has 0 spiro atoms. The molecule has 3 amide bonds. The van der Waals surface area contributed by atoms with Gasteiger partial charge in [-0.25, -0.2) is 0 Å². The van der Waals surface area contributed by atoms with Gasteiger partial charge in [-0.3, -0.25) is 19.2 Å². The normalized spacial score (nSPS) is 11.3. The van der Waals surface area contributed by atoms with E-state index in [1.807, 2.05) is 0 Å². The van der Waals surface area contributed by atoms with E-state index >= 15 is 0 Å². The highest BCUT2D eigenvalue weighted by Crippen LogP contribution is 2.10. The highest BCUT2D eigenvalue weighted by molar-refractivity contribution is 5.95. The number of benzene rings is 1. The molecule has 0 aromatic heterocycles. The molecule has 0 saturated carbocycles. The van der Waals surface area contributed by atoms with Crippen LogP contribution in [0, 0.1) is 5.92 Å². The maximum Gasteiger partial charge on any atom is 0.293 e. The lowest BCUT2D eigenvalue weighted by molar-refractivity contribution is -0.129. The molecule has 8 heteroatoms. The van der Waals surface area contributed by atoms with E-state index in [-0.39, 0.29) is 19.1 Å². The Bertz CT molecular complexity index is 572. The summed E-state index contributed by atoms with van der Waals surface area (Å²) in [5.74, 6) is -0.915. The number of carbonyl (C=O) groups is 4. The van der Waals surface area contributed by atoms with Crippen LogP contribution in [0.2, 0.25) is 0 Å². The van der Waals surface area contributed by atoms with Crippen LogP contribution in [0.4, 0.5) is 5.69 Å². The summed E-state index contributed by atoms with van der Waals surface area (Å²) in [7, 11) is 0. The van der Waals surface area contributed by atoms with E-state index in [9.17, 15) is 19.2 Å². The van der Waals surface area contributed by atoms with Gasteiger partial charge in [-0.2, -0.15) is 0 Å². The Balaban J connectivity index is 2.46. The molecule has 24 heavy (non-hydrogen) atoms. The first-order chi connectivity index (χ1) is 11.5. The first-order valence-corrected chi connectivity index (χ1v) is 7.39. The van der Waals surface area contributed by atoms with Gasteiger partial charge in [-0.15, -0.1) is 0 Å². The van der Waals surface area contributed by atoms with E-state index in [1.165, 1.54) is 0 Å². The van der Waals surface area contributed by atoms with Crippen LogP contribution in [-0.4, -0.2) is 37.3 Å². The minimum absolute atomic E-state index is 0.0978. The van der Waals surface area contributed by atoms with Crippen molar-refractivity contribution in [3.05, 3.63) is 29.8 Å². The second-order valence-electron chi connectivity index (χ2n) is 5.38. The van der Waals surface area contributed by atoms with E-state index in [2.05, 4.69) is 20.7 Å². The third-order valence-corrected chi connectivity index (χ3v) is 3.18. The van der Waals surface area contributed by atoms with Gasteiger partial charge in [0.2, 0.25) is 18.2 Å².